The van der Waals surface area contributed by atoms with Crippen molar-refractivity contribution in [1.82, 2.24) is 19.9 Å². The zero-order valence-corrected chi connectivity index (χ0v) is 11.8. The van der Waals surface area contributed by atoms with Gasteiger partial charge in [0.15, 0.2) is 0 Å². The van der Waals surface area contributed by atoms with Crippen LogP contribution >= 0.6 is 0 Å². The number of nitrogens with zero attached hydrogens (tertiary/aromatic N) is 4. The van der Waals surface area contributed by atoms with E-state index in [0.29, 0.717) is 18.2 Å². The number of benzene rings is 1. The van der Waals surface area contributed by atoms with Gasteiger partial charge in [-0.2, -0.15) is 0 Å². The lowest BCUT2D eigenvalue weighted by Crippen LogP contribution is -2.41. The molecule has 0 spiro atoms. The Kier molecular flexibility index (Phi) is 4.24. The Labute approximate surface area is 122 Å². The molecular formula is C15H18F2N4. The summed E-state index contributed by atoms with van der Waals surface area (Å²) in [6.07, 6.45) is 6.86. The fourth-order valence-electron chi connectivity index (χ4n) is 2.96. The van der Waals surface area contributed by atoms with E-state index in [1.54, 1.807) is 6.20 Å². The summed E-state index contributed by atoms with van der Waals surface area (Å²) < 4.78 is 28.4. The molecule has 0 bridgehead atoms. The van der Waals surface area contributed by atoms with Gasteiger partial charge in [-0.15, -0.1) is 5.10 Å². The zero-order valence-electron chi connectivity index (χ0n) is 11.8. The highest BCUT2D eigenvalue weighted by Crippen LogP contribution is 2.21. The fraction of sp³-hybridized carbons (Fsp3) is 0.467. The predicted molar refractivity (Wildman–Crippen MR) is 74.4 cm³/mol. The van der Waals surface area contributed by atoms with Crippen LogP contribution in [0.15, 0.2) is 30.6 Å². The van der Waals surface area contributed by atoms with E-state index >= 15 is 0 Å². The molecule has 0 amide bonds. The van der Waals surface area contributed by atoms with Crippen LogP contribution in [-0.4, -0.2) is 32.5 Å². The van der Waals surface area contributed by atoms with E-state index in [2.05, 4.69) is 15.2 Å². The highest BCUT2D eigenvalue weighted by atomic mass is 19.1. The van der Waals surface area contributed by atoms with Crippen LogP contribution in [0, 0.1) is 11.6 Å². The molecule has 3 rings (SSSR count). The zero-order chi connectivity index (χ0) is 14.7. The Balaban J connectivity index is 1.71. The van der Waals surface area contributed by atoms with Gasteiger partial charge < -0.3 is 0 Å². The molecule has 6 heteroatoms. The van der Waals surface area contributed by atoms with Gasteiger partial charge in [-0.3, -0.25) is 9.58 Å². The second-order valence-electron chi connectivity index (χ2n) is 5.52. The number of rotatable bonds is 4. The second kappa shape index (κ2) is 6.30. The number of piperidine rings is 1. The van der Waals surface area contributed by atoms with Crippen molar-refractivity contribution in [2.75, 3.05) is 6.54 Å². The summed E-state index contributed by atoms with van der Waals surface area (Å²) in [5.74, 6) is -1.04. The van der Waals surface area contributed by atoms with Crippen molar-refractivity contribution in [1.29, 1.82) is 0 Å². The highest BCUT2D eigenvalue weighted by Gasteiger charge is 2.23. The second-order valence-corrected chi connectivity index (χ2v) is 5.52. The van der Waals surface area contributed by atoms with Crippen LogP contribution in [-0.2, 0) is 13.1 Å². The van der Waals surface area contributed by atoms with Crippen molar-refractivity contribution in [3.63, 3.8) is 0 Å². The third-order valence-electron chi connectivity index (χ3n) is 3.93. The summed E-state index contributed by atoms with van der Waals surface area (Å²) in [6, 6.07) is 4.05. The summed E-state index contributed by atoms with van der Waals surface area (Å²) in [4.78, 5) is 2.28. The maximum absolute atomic E-state index is 13.3. The molecule has 0 N–H and O–H groups in total. The van der Waals surface area contributed by atoms with Gasteiger partial charge in [-0.25, -0.2) is 8.78 Å². The Morgan fingerprint density at radius 2 is 1.95 bits per heavy atom. The van der Waals surface area contributed by atoms with E-state index in [-0.39, 0.29) is 0 Å². The normalized spacial score (nSPS) is 19.8. The van der Waals surface area contributed by atoms with Gasteiger partial charge in [0.2, 0.25) is 0 Å². The number of hydrogen-bond donors (Lipinski definition) is 0. The van der Waals surface area contributed by atoms with Gasteiger partial charge in [-0.05, 0) is 37.1 Å². The minimum atomic E-state index is -0.519. The predicted octanol–water partition coefficient (Wildman–Crippen LogP) is 2.61. The lowest BCUT2D eigenvalue weighted by molar-refractivity contribution is 0.121. The number of aromatic nitrogens is 3. The minimum absolute atomic E-state index is 0.326. The summed E-state index contributed by atoms with van der Waals surface area (Å²) in [5.41, 5.74) is 0.679. The van der Waals surface area contributed by atoms with Gasteiger partial charge in [-0.1, -0.05) is 11.6 Å². The average molecular weight is 292 g/mol. The van der Waals surface area contributed by atoms with Gasteiger partial charge in [0.1, 0.15) is 11.6 Å². The first-order valence-corrected chi connectivity index (χ1v) is 7.24. The number of likely N-dealkylation sites (tertiary alicyclic amines) is 1. The molecule has 0 unspecified atom stereocenters. The molecule has 2 aromatic rings. The van der Waals surface area contributed by atoms with Crippen molar-refractivity contribution in [2.45, 2.75) is 38.4 Å². The van der Waals surface area contributed by atoms with Crippen molar-refractivity contribution >= 4 is 0 Å². The van der Waals surface area contributed by atoms with Crippen LogP contribution in [0.5, 0.6) is 0 Å². The molecule has 1 aromatic carbocycles. The third-order valence-corrected chi connectivity index (χ3v) is 3.93. The molecular weight excluding hydrogens is 274 g/mol. The molecule has 0 saturated carbocycles. The maximum Gasteiger partial charge on any atom is 0.126 e. The molecule has 1 saturated heterocycles. The molecule has 21 heavy (non-hydrogen) atoms. The number of hydrogen-bond acceptors (Lipinski definition) is 3. The van der Waals surface area contributed by atoms with E-state index in [9.17, 15) is 8.78 Å². The van der Waals surface area contributed by atoms with Crippen molar-refractivity contribution < 1.29 is 8.78 Å². The van der Waals surface area contributed by atoms with Crippen LogP contribution in [0.3, 0.4) is 0 Å². The largest absolute Gasteiger partial charge is 0.294 e. The summed E-state index contributed by atoms with van der Waals surface area (Å²) in [7, 11) is 0. The average Bonchev–Trinajstić information content (AvgIpc) is 2.93. The highest BCUT2D eigenvalue weighted by molar-refractivity contribution is 5.18. The fourth-order valence-corrected chi connectivity index (χ4v) is 2.96. The molecule has 2 heterocycles. The van der Waals surface area contributed by atoms with Crippen LogP contribution in [0.4, 0.5) is 8.78 Å². The Morgan fingerprint density at radius 3 is 2.67 bits per heavy atom. The Bertz CT molecular complexity index is 565. The van der Waals surface area contributed by atoms with Gasteiger partial charge in [0, 0.05) is 24.8 Å². The molecule has 0 radical (unpaired) electrons. The van der Waals surface area contributed by atoms with Crippen LogP contribution < -0.4 is 0 Å². The van der Waals surface area contributed by atoms with E-state index in [1.807, 2.05) is 10.9 Å². The first kappa shape index (κ1) is 14.1. The Morgan fingerprint density at radius 1 is 1.14 bits per heavy atom. The minimum Gasteiger partial charge on any atom is -0.294 e. The molecule has 1 aromatic heterocycles. The number of halogens is 2. The molecule has 1 atom stereocenters. The third kappa shape index (κ3) is 3.64. The van der Waals surface area contributed by atoms with Crippen LogP contribution in [0.2, 0.25) is 0 Å². The lowest BCUT2D eigenvalue weighted by atomic mass is 10.0. The van der Waals surface area contributed by atoms with Crippen LogP contribution in [0.25, 0.3) is 0 Å². The van der Waals surface area contributed by atoms with Crippen molar-refractivity contribution in [3.8, 4) is 0 Å². The van der Waals surface area contributed by atoms with Gasteiger partial charge in [0.05, 0.1) is 12.7 Å². The summed E-state index contributed by atoms with van der Waals surface area (Å²) in [5, 5.41) is 7.82. The topological polar surface area (TPSA) is 34.0 Å². The van der Waals surface area contributed by atoms with Gasteiger partial charge in [0.25, 0.3) is 0 Å². The smallest absolute Gasteiger partial charge is 0.126 e. The van der Waals surface area contributed by atoms with Gasteiger partial charge >= 0.3 is 0 Å². The molecule has 1 aliphatic heterocycles. The Hall–Kier alpha value is -1.82. The van der Waals surface area contributed by atoms with Crippen molar-refractivity contribution in [2.24, 2.45) is 0 Å². The summed E-state index contributed by atoms with van der Waals surface area (Å²) >= 11 is 0. The monoisotopic (exact) mass is 292 g/mol. The first-order valence-electron chi connectivity index (χ1n) is 7.24. The lowest BCUT2D eigenvalue weighted by Gasteiger charge is -2.35. The molecule has 1 fully saturated rings. The van der Waals surface area contributed by atoms with E-state index in [1.165, 1.54) is 18.6 Å². The molecule has 4 nitrogen and oxygen atoms in total. The molecule has 1 aliphatic rings. The van der Waals surface area contributed by atoms with Crippen molar-refractivity contribution in [3.05, 3.63) is 47.8 Å². The molecule has 0 aliphatic carbocycles. The van der Waals surface area contributed by atoms with Crippen LogP contribution in [0.1, 0.15) is 24.8 Å². The van der Waals surface area contributed by atoms with E-state index in [0.717, 1.165) is 32.0 Å². The SMILES string of the molecule is Fc1cc(F)cc(CN2CCCC[C@@H]2Cn2ccnn2)c1. The molecule has 112 valence electrons. The van der Waals surface area contributed by atoms with E-state index < -0.39 is 11.6 Å². The summed E-state index contributed by atoms with van der Waals surface area (Å²) in [6.45, 7) is 2.27. The first-order chi connectivity index (χ1) is 10.2. The quantitative estimate of drug-likeness (QED) is 0.868. The van der Waals surface area contributed by atoms with E-state index in [4.69, 9.17) is 0 Å². The maximum atomic E-state index is 13.3. The standard InChI is InChI=1S/C15H18F2N4/c16-13-7-12(8-14(17)9-13)10-20-5-2-1-3-15(20)11-21-6-4-18-19-21/h4,6-9,15H,1-3,5,10-11H2/t15-/m1/s1.